The number of hydrogen-bond acceptors (Lipinski definition) is 4. The van der Waals surface area contributed by atoms with Crippen molar-refractivity contribution in [3.63, 3.8) is 0 Å². The number of ether oxygens (including phenoxy) is 1. The summed E-state index contributed by atoms with van der Waals surface area (Å²) in [5.74, 6) is -0.357. The Morgan fingerprint density at radius 2 is 1.86 bits per heavy atom. The topological polar surface area (TPSA) is 61.9 Å². The SMILES string of the molecule is COc1ccc(CN2CCN(C(=O)c3cccc(NC(C)=O)c3)CC2)cc1F. The van der Waals surface area contributed by atoms with Crippen LogP contribution >= 0.6 is 0 Å². The van der Waals surface area contributed by atoms with Crippen LogP contribution in [0.3, 0.4) is 0 Å². The monoisotopic (exact) mass is 385 g/mol. The van der Waals surface area contributed by atoms with Gasteiger partial charge in [-0.05, 0) is 35.9 Å². The number of hydrogen-bond donors (Lipinski definition) is 1. The van der Waals surface area contributed by atoms with E-state index < -0.39 is 0 Å². The molecule has 0 saturated carbocycles. The molecule has 2 aromatic rings. The zero-order valence-corrected chi connectivity index (χ0v) is 16.1. The predicted molar refractivity (Wildman–Crippen MR) is 105 cm³/mol. The van der Waals surface area contributed by atoms with E-state index in [2.05, 4.69) is 10.2 Å². The molecule has 1 fully saturated rings. The molecular weight excluding hydrogens is 361 g/mol. The van der Waals surface area contributed by atoms with Crippen LogP contribution in [0.1, 0.15) is 22.8 Å². The maximum absolute atomic E-state index is 13.8. The van der Waals surface area contributed by atoms with Crippen LogP contribution in [0.2, 0.25) is 0 Å². The third kappa shape index (κ3) is 4.86. The van der Waals surface area contributed by atoms with Gasteiger partial charge in [0.15, 0.2) is 11.6 Å². The second-order valence-corrected chi connectivity index (χ2v) is 6.80. The number of methoxy groups -OCH3 is 1. The second kappa shape index (κ2) is 8.84. The van der Waals surface area contributed by atoms with E-state index in [0.29, 0.717) is 44.0 Å². The Morgan fingerprint density at radius 3 is 2.50 bits per heavy atom. The van der Waals surface area contributed by atoms with E-state index in [9.17, 15) is 14.0 Å². The van der Waals surface area contributed by atoms with Crippen LogP contribution in [0, 0.1) is 5.82 Å². The van der Waals surface area contributed by atoms with Gasteiger partial charge in [0.2, 0.25) is 5.91 Å². The number of carbonyl (C=O) groups is 2. The number of amides is 2. The Bertz CT molecular complexity index is 864. The van der Waals surface area contributed by atoms with Crippen molar-refractivity contribution in [3.8, 4) is 5.75 Å². The van der Waals surface area contributed by atoms with Crippen molar-refractivity contribution >= 4 is 17.5 Å². The molecule has 0 bridgehead atoms. The number of halogens is 1. The van der Waals surface area contributed by atoms with Crippen LogP contribution in [0.4, 0.5) is 10.1 Å². The summed E-state index contributed by atoms with van der Waals surface area (Å²) in [4.78, 5) is 27.9. The number of nitrogens with one attached hydrogen (secondary N) is 1. The molecule has 2 aromatic carbocycles. The maximum Gasteiger partial charge on any atom is 0.254 e. The lowest BCUT2D eigenvalue weighted by Gasteiger charge is -2.35. The van der Waals surface area contributed by atoms with Crippen LogP contribution in [0.25, 0.3) is 0 Å². The van der Waals surface area contributed by atoms with Crippen molar-refractivity contribution in [1.82, 2.24) is 9.80 Å². The quantitative estimate of drug-likeness (QED) is 0.860. The van der Waals surface area contributed by atoms with Gasteiger partial charge in [-0.1, -0.05) is 12.1 Å². The first-order valence-electron chi connectivity index (χ1n) is 9.18. The summed E-state index contributed by atoms with van der Waals surface area (Å²) in [6, 6.07) is 11.9. The molecular formula is C21H24FN3O3. The van der Waals surface area contributed by atoms with Crippen molar-refractivity contribution in [2.45, 2.75) is 13.5 Å². The average Bonchev–Trinajstić information content (AvgIpc) is 2.68. The van der Waals surface area contributed by atoms with Crippen molar-refractivity contribution in [2.24, 2.45) is 0 Å². The highest BCUT2D eigenvalue weighted by Crippen LogP contribution is 2.20. The molecule has 1 aliphatic heterocycles. The Kier molecular flexibility index (Phi) is 6.26. The standard InChI is InChI=1S/C21H24FN3O3/c1-15(26)23-18-5-3-4-17(13-18)21(27)25-10-8-24(9-11-25)14-16-6-7-20(28-2)19(22)12-16/h3-7,12-13H,8-11,14H2,1-2H3,(H,23,26). The van der Waals surface area contributed by atoms with Gasteiger partial charge in [-0.15, -0.1) is 0 Å². The molecule has 1 heterocycles. The van der Waals surface area contributed by atoms with E-state index in [0.717, 1.165) is 5.56 Å². The summed E-state index contributed by atoms with van der Waals surface area (Å²) >= 11 is 0. The van der Waals surface area contributed by atoms with Gasteiger partial charge in [-0.2, -0.15) is 0 Å². The van der Waals surface area contributed by atoms with Gasteiger partial charge >= 0.3 is 0 Å². The molecule has 0 atom stereocenters. The van der Waals surface area contributed by atoms with Crippen LogP contribution < -0.4 is 10.1 Å². The van der Waals surface area contributed by atoms with Crippen molar-refractivity contribution in [1.29, 1.82) is 0 Å². The second-order valence-electron chi connectivity index (χ2n) is 6.80. The van der Waals surface area contributed by atoms with Crippen LogP contribution in [-0.2, 0) is 11.3 Å². The van der Waals surface area contributed by atoms with Crippen LogP contribution in [0.5, 0.6) is 5.75 Å². The van der Waals surface area contributed by atoms with Crippen LogP contribution in [0.15, 0.2) is 42.5 Å². The summed E-state index contributed by atoms with van der Waals surface area (Å²) in [5.41, 5.74) is 2.04. The third-order valence-electron chi connectivity index (χ3n) is 4.71. The van der Waals surface area contributed by atoms with Gasteiger partial charge in [0.05, 0.1) is 7.11 Å². The molecule has 1 N–H and O–H groups in total. The first kappa shape index (κ1) is 19.8. The number of piperazine rings is 1. The van der Waals surface area contributed by atoms with Crippen molar-refractivity contribution < 1.29 is 18.7 Å². The van der Waals surface area contributed by atoms with Crippen molar-refractivity contribution in [3.05, 3.63) is 59.4 Å². The molecule has 0 radical (unpaired) electrons. The average molecular weight is 385 g/mol. The lowest BCUT2D eigenvalue weighted by Crippen LogP contribution is -2.48. The first-order chi connectivity index (χ1) is 13.5. The Hall–Kier alpha value is -2.93. The minimum absolute atomic E-state index is 0.0534. The zero-order valence-electron chi connectivity index (χ0n) is 16.1. The van der Waals surface area contributed by atoms with E-state index in [4.69, 9.17) is 4.74 Å². The highest BCUT2D eigenvalue weighted by atomic mass is 19.1. The van der Waals surface area contributed by atoms with Gasteiger partial charge in [0.25, 0.3) is 5.91 Å². The zero-order chi connectivity index (χ0) is 20.1. The van der Waals surface area contributed by atoms with Gasteiger partial charge in [-0.25, -0.2) is 4.39 Å². The minimum atomic E-state index is -0.368. The Balaban J connectivity index is 1.57. The lowest BCUT2D eigenvalue weighted by atomic mass is 10.1. The smallest absolute Gasteiger partial charge is 0.254 e. The molecule has 6 nitrogen and oxygen atoms in total. The summed E-state index contributed by atoms with van der Waals surface area (Å²) in [6.07, 6.45) is 0. The molecule has 28 heavy (non-hydrogen) atoms. The van der Waals surface area contributed by atoms with E-state index in [-0.39, 0.29) is 23.4 Å². The molecule has 0 spiro atoms. The predicted octanol–water partition coefficient (Wildman–Crippen LogP) is 2.75. The van der Waals surface area contributed by atoms with Gasteiger partial charge in [-0.3, -0.25) is 14.5 Å². The fourth-order valence-electron chi connectivity index (χ4n) is 3.29. The Labute approximate surface area is 163 Å². The minimum Gasteiger partial charge on any atom is -0.494 e. The number of rotatable bonds is 5. The molecule has 3 rings (SSSR count). The normalized spacial score (nSPS) is 14.6. The molecule has 1 saturated heterocycles. The van der Waals surface area contributed by atoms with E-state index in [1.165, 1.54) is 20.1 Å². The fourth-order valence-corrected chi connectivity index (χ4v) is 3.29. The molecule has 2 amide bonds. The fraction of sp³-hybridized carbons (Fsp3) is 0.333. The van der Waals surface area contributed by atoms with E-state index in [1.54, 1.807) is 35.2 Å². The summed E-state index contributed by atoms with van der Waals surface area (Å²) < 4.78 is 18.8. The van der Waals surface area contributed by atoms with Gasteiger partial charge < -0.3 is 15.0 Å². The number of nitrogens with zero attached hydrogens (tertiary/aromatic N) is 2. The molecule has 0 unspecified atom stereocenters. The van der Waals surface area contributed by atoms with Gasteiger partial charge in [0.1, 0.15) is 0 Å². The molecule has 0 aromatic heterocycles. The number of anilines is 1. The van der Waals surface area contributed by atoms with Crippen molar-refractivity contribution in [2.75, 3.05) is 38.6 Å². The molecule has 0 aliphatic carbocycles. The molecule has 7 heteroatoms. The molecule has 148 valence electrons. The van der Waals surface area contributed by atoms with Gasteiger partial charge in [0, 0.05) is 50.9 Å². The Morgan fingerprint density at radius 1 is 1.11 bits per heavy atom. The molecule has 1 aliphatic rings. The van der Waals surface area contributed by atoms with Crippen LogP contribution in [-0.4, -0.2) is 54.9 Å². The summed E-state index contributed by atoms with van der Waals surface area (Å²) in [5, 5.41) is 2.69. The van der Waals surface area contributed by atoms with E-state index in [1.807, 2.05) is 6.07 Å². The summed E-state index contributed by atoms with van der Waals surface area (Å²) in [6.45, 7) is 4.68. The lowest BCUT2D eigenvalue weighted by molar-refractivity contribution is -0.114. The van der Waals surface area contributed by atoms with E-state index >= 15 is 0 Å². The third-order valence-corrected chi connectivity index (χ3v) is 4.71. The maximum atomic E-state index is 13.8. The first-order valence-corrected chi connectivity index (χ1v) is 9.18. The number of carbonyl (C=O) groups excluding carboxylic acids is 2. The summed E-state index contributed by atoms with van der Waals surface area (Å²) in [7, 11) is 1.44. The highest BCUT2D eigenvalue weighted by molar-refractivity contribution is 5.96. The number of benzene rings is 2. The largest absolute Gasteiger partial charge is 0.494 e. The highest BCUT2D eigenvalue weighted by Gasteiger charge is 2.22.